The summed E-state index contributed by atoms with van der Waals surface area (Å²) in [5.41, 5.74) is 7.01. The lowest BCUT2D eigenvalue weighted by Crippen LogP contribution is -2.42. The minimum atomic E-state index is -3.41. The molecule has 106 valence electrons. The molecule has 0 saturated carbocycles. The van der Waals surface area contributed by atoms with Crippen LogP contribution in [0.4, 0.5) is 0 Å². The fourth-order valence-electron chi connectivity index (χ4n) is 2.77. The number of rotatable bonds is 3. The number of hydrogen-bond acceptors (Lipinski definition) is 3. The Hall–Kier alpha value is -0.910. The molecule has 2 N–H and O–H groups in total. The molecule has 1 saturated heterocycles. The van der Waals surface area contributed by atoms with Crippen LogP contribution in [-0.4, -0.2) is 24.8 Å². The Morgan fingerprint density at radius 3 is 2.53 bits per heavy atom. The van der Waals surface area contributed by atoms with Crippen molar-refractivity contribution in [2.75, 3.05) is 6.54 Å². The first-order chi connectivity index (χ1) is 8.79. The predicted molar refractivity (Wildman–Crippen MR) is 76.3 cm³/mol. The van der Waals surface area contributed by atoms with Gasteiger partial charge in [0.05, 0.1) is 4.90 Å². The van der Waals surface area contributed by atoms with E-state index in [1.54, 1.807) is 16.4 Å². The Balaban J connectivity index is 2.46. The molecule has 0 aliphatic carbocycles. The first-order valence-electron chi connectivity index (χ1n) is 6.61. The monoisotopic (exact) mass is 282 g/mol. The number of aryl methyl sites for hydroxylation is 1. The normalized spacial score (nSPS) is 19.8. The maximum Gasteiger partial charge on any atom is 0.243 e. The summed E-state index contributed by atoms with van der Waals surface area (Å²) in [5, 5.41) is 0. The van der Waals surface area contributed by atoms with Crippen LogP contribution in [0.3, 0.4) is 0 Å². The molecule has 0 amide bonds. The second-order valence-electron chi connectivity index (χ2n) is 5.80. The highest BCUT2D eigenvalue weighted by Gasteiger charge is 2.41. The third-order valence-electron chi connectivity index (χ3n) is 3.87. The molecule has 0 bridgehead atoms. The zero-order valence-electron chi connectivity index (χ0n) is 11.8. The van der Waals surface area contributed by atoms with Gasteiger partial charge in [-0.2, -0.15) is 4.31 Å². The highest BCUT2D eigenvalue weighted by Crippen LogP contribution is 2.34. The van der Waals surface area contributed by atoms with Crippen molar-refractivity contribution in [2.24, 2.45) is 5.73 Å². The lowest BCUT2D eigenvalue weighted by atomic mass is 10.0. The van der Waals surface area contributed by atoms with E-state index < -0.39 is 10.0 Å². The van der Waals surface area contributed by atoms with Crippen molar-refractivity contribution in [1.82, 2.24) is 4.31 Å². The minimum Gasteiger partial charge on any atom is -0.326 e. The molecule has 1 aromatic rings. The number of nitrogens with zero attached hydrogens (tertiary/aromatic N) is 1. The summed E-state index contributed by atoms with van der Waals surface area (Å²) in [6, 6.07) is 5.33. The summed E-state index contributed by atoms with van der Waals surface area (Å²) in [4.78, 5) is 0.402. The Morgan fingerprint density at radius 2 is 2.05 bits per heavy atom. The van der Waals surface area contributed by atoms with Gasteiger partial charge in [-0.1, -0.05) is 12.1 Å². The van der Waals surface area contributed by atoms with E-state index in [1.807, 2.05) is 26.8 Å². The molecule has 4 nitrogen and oxygen atoms in total. The van der Waals surface area contributed by atoms with Crippen LogP contribution in [0.5, 0.6) is 0 Å². The molecule has 1 aliphatic heterocycles. The third-order valence-corrected chi connectivity index (χ3v) is 6.14. The van der Waals surface area contributed by atoms with Crippen molar-refractivity contribution >= 4 is 10.0 Å². The minimum absolute atomic E-state index is 0.294. The number of nitrogens with two attached hydrogens (primary N) is 1. The molecule has 0 spiro atoms. The van der Waals surface area contributed by atoms with E-state index in [-0.39, 0.29) is 5.54 Å². The van der Waals surface area contributed by atoms with Crippen LogP contribution in [0.25, 0.3) is 0 Å². The maximum atomic E-state index is 12.8. The highest BCUT2D eigenvalue weighted by atomic mass is 32.2. The van der Waals surface area contributed by atoms with Gasteiger partial charge in [0.2, 0.25) is 10.0 Å². The van der Waals surface area contributed by atoms with Crippen LogP contribution in [0.1, 0.15) is 37.8 Å². The summed E-state index contributed by atoms with van der Waals surface area (Å²) >= 11 is 0. The van der Waals surface area contributed by atoms with Crippen molar-refractivity contribution in [2.45, 2.75) is 50.6 Å². The lowest BCUT2D eigenvalue weighted by molar-refractivity contribution is 0.291. The molecule has 1 aromatic carbocycles. The molecule has 0 unspecified atom stereocenters. The van der Waals surface area contributed by atoms with E-state index in [0.717, 1.165) is 24.0 Å². The zero-order chi connectivity index (χ0) is 14.3. The molecule has 0 aromatic heterocycles. The van der Waals surface area contributed by atoms with Crippen molar-refractivity contribution in [1.29, 1.82) is 0 Å². The molecule has 0 radical (unpaired) electrons. The fraction of sp³-hybridized carbons (Fsp3) is 0.571. The van der Waals surface area contributed by atoms with Crippen LogP contribution >= 0.6 is 0 Å². The first-order valence-corrected chi connectivity index (χ1v) is 8.05. The van der Waals surface area contributed by atoms with E-state index in [2.05, 4.69) is 0 Å². The standard InChI is InChI=1S/C14H22N2O2S/c1-11-9-12(10-15)5-6-13(11)19(17,18)16-8-4-7-14(16,2)3/h5-6,9H,4,7-8,10,15H2,1-3H3. The quantitative estimate of drug-likeness (QED) is 0.922. The summed E-state index contributed by atoms with van der Waals surface area (Å²) in [6.45, 7) is 6.83. The Kier molecular flexibility index (Phi) is 3.73. The Labute approximate surface area is 115 Å². The van der Waals surface area contributed by atoms with Crippen LogP contribution in [-0.2, 0) is 16.6 Å². The number of hydrogen-bond donors (Lipinski definition) is 1. The molecule has 1 fully saturated rings. The van der Waals surface area contributed by atoms with Crippen LogP contribution in [0, 0.1) is 6.92 Å². The topological polar surface area (TPSA) is 63.4 Å². The van der Waals surface area contributed by atoms with Crippen molar-refractivity contribution in [3.05, 3.63) is 29.3 Å². The van der Waals surface area contributed by atoms with Crippen LogP contribution in [0.15, 0.2) is 23.1 Å². The van der Waals surface area contributed by atoms with E-state index in [9.17, 15) is 8.42 Å². The average molecular weight is 282 g/mol. The molecule has 5 heteroatoms. The molecule has 1 heterocycles. The number of benzene rings is 1. The average Bonchev–Trinajstić information content (AvgIpc) is 2.69. The van der Waals surface area contributed by atoms with Gasteiger partial charge in [0.15, 0.2) is 0 Å². The van der Waals surface area contributed by atoms with Gasteiger partial charge in [-0.25, -0.2) is 8.42 Å². The number of sulfonamides is 1. The summed E-state index contributed by atoms with van der Waals surface area (Å²) < 4.78 is 27.2. The van der Waals surface area contributed by atoms with Crippen molar-refractivity contribution in [3.8, 4) is 0 Å². The fourth-order valence-corrected chi connectivity index (χ4v) is 4.83. The van der Waals surface area contributed by atoms with Gasteiger partial charge in [-0.3, -0.25) is 0 Å². The summed E-state index contributed by atoms with van der Waals surface area (Å²) in [7, 11) is -3.41. The second-order valence-corrected chi connectivity index (χ2v) is 7.63. The predicted octanol–water partition coefficient (Wildman–Crippen LogP) is 2.02. The van der Waals surface area contributed by atoms with Crippen LogP contribution in [0.2, 0.25) is 0 Å². The Morgan fingerprint density at radius 1 is 1.37 bits per heavy atom. The van der Waals surface area contributed by atoms with Gasteiger partial charge < -0.3 is 5.73 Å². The SMILES string of the molecule is Cc1cc(CN)ccc1S(=O)(=O)N1CCCC1(C)C. The smallest absolute Gasteiger partial charge is 0.243 e. The first kappa shape index (κ1) is 14.5. The summed E-state index contributed by atoms with van der Waals surface area (Å²) in [6.07, 6.45) is 1.83. The van der Waals surface area contributed by atoms with Gasteiger partial charge >= 0.3 is 0 Å². The van der Waals surface area contributed by atoms with E-state index in [4.69, 9.17) is 5.73 Å². The molecular weight excluding hydrogens is 260 g/mol. The van der Waals surface area contributed by atoms with E-state index in [0.29, 0.717) is 18.0 Å². The third kappa shape index (κ3) is 2.55. The van der Waals surface area contributed by atoms with Crippen LogP contribution < -0.4 is 5.73 Å². The molecule has 1 aliphatic rings. The summed E-state index contributed by atoms with van der Waals surface area (Å²) in [5.74, 6) is 0. The molecule has 19 heavy (non-hydrogen) atoms. The lowest BCUT2D eigenvalue weighted by Gasteiger charge is -2.31. The van der Waals surface area contributed by atoms with Gasteiger partial charge in [-0.05, 0) is 50.8 Å². The van der Waals surface area contributed by atoms with E-state index >= 15 is 0 Å². The Bertz CT molecular complexity index is 579. The maximum absolute atomic E-state index is 12.8. The highest BCUT2D eigenvalue weighted by molar-refractivity contribution is 7.89. The molecule has 2 rings (SSSR count). The van der Waals surface area contributed by atoms with Crippen molar-refractivity contribution < 1.29 is 8.42 Å². The largest absolute Gasteiger partial charge is 0.326 e. The molecular formula is C14H22N2O2S. The molecule has 0 atom stereocenters. The van der Waals surface area contributed by atoms with Gasteiger partial charge in [0, 0.05) is 18.6 Å². The van der Waals surface area contributed by atoms with Gasteiger partial charge in [-0.15, -0.1) is 0 Å². The van der Waals surface area contributed by atoms with E-state index in [1.165, 1.54) is 0 Å². The second kappa shape index (κ2) is 4.89. The van der Waals surface area contributed by atoms with Gasteiger partial charge in [0.25, 0.3) is 0 Å². The van der Waals surface area contributed by atoms with Crippen molar-refractivity contribution in [3.63, 3.8) is 0 Å². The zero-order valence-corrected chi connectivity index (χ0v) is 12.6. The van der Waals surface area contributed by atoms with Gasteiger partial charge in [0.1, 0.15) is 0 Å².